The maximum atomic E-state index is 10.1. The summed E-state index contributed by atoms with van der Waals surface area (Å²) in [6.45, 7) is 6.34. The maximum Gasteiger partial charge on any atom is 0.252 e. The molecule has 2 atom stereocenters. The number of β-amino-alcohol motifs (C(OH)–C–C–N with tert-alkyl or cyclic N) is 1. The van der Waals surface area contributed by atoms with Crippen molar-refractivity contribution in [2.75, 3.05) is 20.2 Å². The number of aliphatic hydroxyl groups is 1. The smallest absolute Gasteiger partial charge is 0.252 e. The van der Waals surface area contributed by atoms with Gasteiger partial charge in [-0.05, 0) is 12.8 Å². The van der Waals surface area contributed by atoms with E-state index in [9.17, 15) is 5.11 Å². The number of ether oxygens (including phenoxy) is 1. The highest BCUT2D eigenvalue weighted by atomic mass is 16.5. The molecule has 6 nitrogen and oxygen atoms in total. The number of rotatable bonds is 4. The molecule has 1 aromatic rings. The van der Waals surface area contributed by atoms with Crippen LogP contribution in [0.3, 0.4) is 0 Å². The van der Waals surface area contributed by atoms with Gasteiger partial charge in [-0.2, -0.15) is 4.98 Å². The average Bonchev–Trinajstić information content (AvgIpc) is 2.74. The SMILES string of the molecule is COCc1nc(CN2C[C@@H](C)[C@@](C)(O)C2)no1. The predicted octanol–water partition coefficient (Wildman–Crippen LogP) is 0.419. The molecule has 0 bridgehead atoms. The molecule has 0 aliphatic carbocycles. The summed E-state index contributed by atoms with van der Waals surface area (Å²) in [4.78, 5) is 6.34. The van der Waals surface area contributed by atoms with Gasteiger partial charge in [-0.15, -0.1) is 0 Å². The van der Waals surface area contributed by atoms with Gasteiger partial charge in [0.05, 0.1) is 12.1 Å². The van der Waals surface area contributed by atoms with Crippen LogP contribution in [-0.4, -0.2) is 45.9 Å². The molecule has 0 spiro atoms. The summed E-state index contributed by atoms with van der Waals surface area (Å²) >= 11 is 0. The Morgan fingerprint density at radius 3 is 3.00 bits per heavy atom. The van der Waals surface area contributed by atoms with Gasteiger partial charge in [0.25, 0.3) is 5.89 Å². The van der Waals surface area contributed by atoms with Crippen LogP contribution in [0.4, 0.5) is 0 Å². The highest BCUT2D eigenvalue weighted by Crippen LogP contribution is 2.27. The second kappa shape index (κ2) is 4.72. The first-order valence-corrected chi connectivity index (χ1v) is 5.76. The Morgan fingerprint density at radius 2 is 2.41 bits per heavy atom. The van der Waals surface area contributed by atoms with E-state index in [1.165, 1.54) is 0 Å². The normalized spacial score (nSPS) is 30.0. The van der Waals surface area contributed by atoms with Crippen molar-refractivity contribution in [3.63, 3.8) is 0 Å². The fourth-order valence-corrected chi connectivity index (χ4v) is 2.11. The highest BCUT2D eigenvalue weighted by Gasteiger charge is 2.38. The van der Waals surface area contributed by atoms with Crippen LogP contribution in [-0.2, 0) is 17.9 Å². The fraction of sp³-hybridized carbons (Fsp3) is 0.818. The topological polar surface area (TPSA) is 71.6 Å². The number of hydrogen-bond donors (Lipinski definition) is 1. The molecule has 1 fully saturated rings. The summed E-state index contributed by atoms with van der Waals surface area (Å²) in [5, 5.41) is 14.0. The molecule has 17 heavy (non-hydrogen) atoms. The van der Waals surface area contributed by atoms with Gasteiger partial charge in [-0.25, -0.2) is 0 Å². The van der Waals surface area contributed by atoms with Crippen LogP contribution in [0.15, 0.2) is 4.52 Å². The van der Waals surface area contributed by atoms with E-state index >= 15 is 0 Å². The van der Waals surface area contributed by atoms with Gasteiger partial charge in [0.1, 0.15) is 6.61 Å². The first kappa shape index (κ1) is 12.5. The Morgan fingerprint density at radius 1 is 1.65 bits per heavy atom. The van der Waals surface area contributed by atoms with Crippen LogP contribution in [0.5, 0.6) is 0 Å². The molecule has 2 heterocycles. The Balaban J connectivity index is 1.93. The van der Waals surface area contributed by atoms with Crippen molar-refractivity contribution in [1.29, 1.82) is 0 Å². The molecule has 1 aliphatic rings. The van der Waals surface area contributed by atoms with Gasteiger partial charge < -0.3 is 14.4 Å². The third-order valence-corrected chi connectivity index (χ3v) is 3.28. The Labute approximate surface area is 101 Å². The lowest BCUT2D eigenvalue weighted by atomic mass is 9.95. The van der Waals surface area contributed by atoms with Crippen LogP contribution in [0, 0.1) is 5.92 Å². The molecule has 1 saturated heterocycles. The second-order valence-corrected chi connectivity index (χ2v) is 4.97. The monoisotopic (exact) mass is 241 g/mol. The van der Waals surface area contributed by atoms with Crippen LogP contribution in [0.2, 0.25) is 0 Å². The molecular formula is C11H19N3O3. The van der Waals surface area contributed by atoms with Crippen molar-refractivity contribution in [1.82, 2.24) is 15.0 Å². The van der Waals surface area contributed by atoms with E-state index in [1.54, 1.807) is 7.11 Å². The van der Waals surface area contributed by atoms with Gasteiger partial charge >= 0.3 is 0 Å². The van der Waals surface area contributed by atoms with E-state index in [4.69, 9.17) is 9.26 Å². The minimum Gasteiger partial charge on any atom is -0.389 e. The Bertz CT molecular complexity index is 378. The number of hydrogen-bond acceptors (Lipinski definition) is 6. The van der Waals surface area contributed by atoms with Crippen LogP contribution in [0.1, 0.15) is 25.6 Å². The molecule has 96 valence electrons. The van der Waals surface area contributed by atoms with Gasteiger partial charge in [0.2, 0.25) is 0 Å². The molecule has 0 radical (unpaired) electrons. The summed E-state index contributed by atoms with van der Waals surface area (Å²) in [6.07, 6.45) is 0. The standard InChI is InChI=1S/C11H19N3O3/c1-8-4-14(7-11(8,2)15)5-9-12-10(6-16-3)17-13-9/h8,15H,4-7H2,1-3H3/t8-,11+/m1/s1. The molecule has 0 aromatic carbocycles. The van der Waals surface area contributed by atoms with Crippen molar-refractivity contribution in [3.8, 4) is 0 Å². The first-order chi connectivity index (χ1) is 8.01. The van der Waals surface area contributed by atoms with Crippen LogP contribution in [0.25, 0.3) is 0 Å². The average molecular weight is 241 g/mol. The molecule has 0 amide bonds. The van der Waals surface area contributed by atoms with E-state index in [0.29, 0.717) is 31.4 Å². The zero-order valence-corrected chi connectivity index (χ0v) is 10.5. The zero-order chi connectivity index (χ0) is 12.5. The summed E-state index contributed by atoms with van der Waals surface area (Å²) < 4.78 is 9.93. The zero-order valence-electron chi connectivity index (χ0n) is 10.5. The lowest BCUT2D eigenvalue weighted by Crippen LogP contribution is -2.33. The van der Waals surface area contributed by atoms with E-state index in [2.05, 4.69) is 15.0 Å². The van der Waals surface area contributed by atoms with Crippen LogP contribution < -0.4 is 0 Å². The van der Waals surface area contributed by atoms with Crippen LogP contribution >= 0.6 is 0 Å². The molecule has 1 aliphatic heterocycles. The molecule has 1 N–H and O–H groups in total. The first-order valence-electron chi connectivity index (χ1n) is 5.76. The van der Waals surface area contributed by atoms with E-state index < -0.39 is 5.60 Å². The number of aromatic nitrogens is 2. The molecule has 0 saturated carbocycles. The Kier molecular flexibility index (Phi) is 3.46. The van der Waals surface area contributed by atoms with Gasteiger partial charge in [0.15, 0.2) is 5.82 Å². The lowest BCUT2D eigenvalue weighted by Gasteiger charge is -2.20. The van der Waals surface area contributed by atoms with Crippen molar-refractivity contribution in [2.24, 2.45) is 5.92 Å². The quantitative estimate of drug-likeness (QED) is 0.823. The molecule has 2 rings (SSSR count). The molecular weight excluding hydrogens is 222 g/mol. The number of methoxy groups -OCH3 is 1. The minimum atomic E-state index is -0.626. The lowest BCUT2D eigenvalue weighted by molar-refractivity contribution is 0.0362. The number of nitrogens with zero attached hydrogens (tertiary/aromatic N) is 3. The summed E-state index contributed by atoms with van der Waals surface area (Å²) in [5.74, 6) is 1.39. The van der Waals surface area contributed by atoms with E-state index in [-0.39, 0.29) is 5.92 Å². The second-order valence-electron chi connectivity index (χ2n) is 4.97. The Hall–Kier alpha value is -0.980. The molecule has 6 heteroatoms. The van der Waals surface area contributed by atoms with Crippen molar-refractivity contribution in [3.05, 3.63) is 11.7 Å². The van der Waals surface area contributed by atoms with Crippen molar-refractivity contribution in [2.45, 2.75) is 32.6 Å². The maximum absolute atomic E-state index is 10.1. The van der Waals surface area contributed by atoms with Gasteiger partial charge in [-0.1, -0.05) is 12.1 Å². The van der Waals surface area contributed by atoms with Crippen molar-refractivity contribution >= 4 is 0 Å². The summed E-state index contributed by atoms with van der Waals surface area (Å²) in [5.41, 5.74) is -0.626. The largest absolute Gasteiger partial charge is 0.389 e. The summed E-state index contributed by atoms with van der Waals surface area (Å²) in [7, 11) is 1.59. The summed E-state index contributed by atoms with van der Waals surface area (Å²) in [6, 6.07) is 0. The fourth-order valence-electron chi connectivity index (χ4n) is 2.11. The molecule has 0 unspecified atom stereocenters. The van der Waals surface area contributed by atoms with Gasteiger partial charge in [-0.3, -0.25) is 4.90 Å². The highest BCUT2D eigenvalue weighted by molar-refractivity contribution is 4.94. The third kappa shape index (κ3) is 2.83. The van der Waals surface area contributed by atoms with E-state index in [1.807, 2.05) is 13.8 Å². The predicted molar refractivity (Wildman–Crippen MR) is 60.1 cm³/mol. The van der Waals surface area contributed by atoms with Gasteiger partial charge in [0, 0.05) is 20.2 Å². The minimum absolute atomic E-state index is 0.257. The number of likely N-dealkylation sites (tertiary alicyclic amines) is 1. The third-order valence-electron chi connectivity index (χ3n) is 3.28. The van der Waals surface area contributed by atoms with E-state index in [0.717, 1.165) is 6.54 Å². The van der Waals surface area contributed by atoms with Crippen molar-refractivity contribution < 1.29 is 14.4 Å². The molecule has 1 aromatic heterocycles.